The molecule has 0 saturated heterocycles. The van der Waals surface area contributed by atoms with Gasteiger partial charge in [-0.1, -0.05) is 52.0 Å². The van der Waals surface area contributed by atoms with Crippen molar-refractivity contribution in [1.82, 2.24) is 0 Å². The van der Waals surface area contributed by atoms with Crippen molar-refractivity contribution in [2.45, 2.75) is 33.1 Å². The van der Waals surface area contributed by atoms with E-state index in [9.17, 15) is 8.78 Å². The molecule has 2 aromatic carbocycles. The lowest BCUT2D eigenvalue weighted by molar-refractivity contribution is 0.249. The third kappa shape index (κ3) is 2.47. The summed E-state index contributed by atoms with van der Waals surface area (Å²) < 4.78 is 26.4. The monoisotopic (exact) mass is 274 g/mol. The average Bonchev–Trinajstić information content (AvgIpc) is 2.38. The van der Waals surface area contributed by atoms with E-state index in [2.05, 4.69) is 27.7 Å². The summed E-state index contributed by atoms with van der Waals surface area (Å²) in [6.45, 7) is 8.53. The second kappa shape index (κ2) is 5.01. The van der Waals surface area contributed by atoms with E-state index in [0.29, 0.717) is 0 Å². The van der Waals surface area contributed by atoms with Crippen LogP contribution in [0.5, 0.6) is 0 Å². The molecule has 0 atom stereocenters. The van der Waals surface area contributed by atoms with Crippen LogP contribution in [0, 0.1) is 17.0 Å². The molecule has 0 aliphatic rings. The highest BCUT2D eigenvalue weighted by Gasteiger charge is 2.40. The van der Waals surface area contributed by atoms with Gasteiger partial charge >= 0.3 is 0 Å². The topological polar surface area (TPSA) is 0 Å². The first-order chi connectivity index (χ1) is 9.25. The molecule has 0 unspecified atom stereocenters. The van der Waals surface area contributed by atoms with Crippen LogP contribution in [0.2, 0.25) is 0 Å². The van der Waals surface area contributed by atoms with E-state index in [1.165, 1.54) is 24.3 Å². The molecule has 0 aromatic heterocycles. The number of rotatable bonds is 2. The van der Waals surface area contributed by atoms with Gasteiger partial charge in [-0.3, -0.25) is 0 Å². The maximum atomic E-state index is 13.2. The first-order valence-corrected chi connectivity index (χ1v) is 6.77. The van der Waals surface area contributed by atoms with Gasteiger partial charge in [0.15, 0.2) is 0 Å². The van der Waals surface area contributed by atoms with Crippen molar-refractivity contribution in [3.05, 3.63) is 71.3 Å². The number of hydrogen-bond donors (Lipinski definition) is 0. The first-order valence-electron chi connectivity index (χ1n) is 6.77. The molecule has 0 aliphatic carbocycles. The fourth-order valence-electron chi connectivity index (χ4n) is 2.60. The molecular formula is C18H20F2. The van der Waals surface area contributed by atoms with Crippen molar-refractivity contribution in [3.8, 4) is 0 Å². The van der Waals surface area contributed by atoms with Crippen molar-refractivity contribution in [1.29, 1.82) is 0 Å². The van der Waals surface area contributed by atoms with Crippen LogP contribution in [0.3, 0.4) is 0 Å². The highest BCUT2D eigenvalue weighted by molar-refractivity contribution is 5.40. The minimum absolute atomic E-state index is 0.0946. The summed E-state index contributed by atoms with van der Waals surface area (Å²) in [5.74, 6) is -0.492. The van der Waals surface area contributed by atoms with Crippen LogP contribution < -0.4 is 0 Å². The predicted molar refractivity (Wildman–Crippen MR) is 78.7 cm³/mol. The SMILES string of the molecule is CC(C)(C)C(C)(c1ccc(F)cc1)c1ccc(F)cc1. The van der Waals surface area contributed by atoms with E-state index in [0.717, 1.165) is 11.1 Å². The molecule has 0 bridgehead atoms. The molecule has 0 nitrogen and oxygen atoms in total. The summed E-state index contributed by atoms with van der Waals surface area (Å²) in [6, 6.07) is 13.1. The normalized spacial score (nSPS) is 12.5. The number of benzene rings is 2. The Morgan fingerprint density at radius 2 is 0.900 bits per heavy atom. The molecule has 0 fully saturated rings. The molecular weight excluding hydrogens is 254 g/mol. The van der Waals surface area contributed by atoms with Crippen LogP contribution in [-0.2, 0) is 5.41 Å². The molecule has 0 N–H and O–H groups in total. The third-order valence-corrected chi connectivity index (χ3v) is 4.34. The van der Waals surface area contributed by atoms with Gasteiger partial charge in [0.2, 0.25) is 0 Å². The Morgan fingerprint density at radius 1 is 0.600 bits per heavy atom. The second-order valence-electron chi connectivity index (χ2n) is 6.39. The van der Waals surface area contributed by atoms with Crippen LogP contribution in [0.1, 0.15) is 38.8 Å². The molecule has 0 aliphatic heterocycles. The van der Waals surface area contributed by atoms with Gasteiger partial charge < -0.3 is 0 Å². The summed E-state index contributed by atoms with van der Waals surface area (Å²) in [5, 5.41) is 0. The highest BCUT2D eigenvalue weighted by Crippen LogP contribution is 2.46. The summed E-state index contributed by atoms with van der Waals surface area (Å²) in [7, 11) is 0. The van der Waals surface area contributed by atoms with Crippen LogP contribution in [0.4, 0.5) is 8.78 Å². The lowest BCUT2D eigenvalue weighted by Gasteiger charge is -2.43. The zero-order valence-corrected chi connectivity index (χ0v) is 12.4. The summed E-state index contributed by atoms with van der Waals surface area (Å²) in [4.78, 5) is 0. The van der Waals surface area contributed by atoms with Gasteiger partial charge in [0.25, 0.3) is 0 Å². The van der Waals surface area contributed by atoms with Crippen LogP contribution in [-0.4, -0.2) is 0 Å². The quantitative estimate of drug-likeness (QED) is 0.695. The van der Waals surface area contributed by atoms with Gasteiger partial charge in [-0.15, -0.1) is 0 Å². The van der Waals surface area contributed by atoms with Crippen LogP contribution in [0.15, 0.2) is 48.5 Å². The van der Waals surface area contributed by atoms with Gasteiger partial charge in [-0.25, -0.2) is 8.78 Å². The van der Waals surface area contributed by atoms with Gasteiger partial charge in [0.05, 0.1) is 0 Å². The Hall–Kier alpha value is -1.70. The van der Waals surface area contributed by atoms with Crippen LogP contribution in [0.25, 0.3) is 0 Å². The second-order valence-corrected chi connectivity index (χ2v) is 6.39. The number of halogens is 2. The molecule has 0 saturated carbocycles. The molecule has 0 amide bonds. The van der Waals surface area contributed by atoms with Crippen molar-refractivity contribution in [2.24, 2.45) is 5.41 Å². The highest BCUT2D eigenvalue weighted by atomic mass is 19.1. The predicted octanol–water partition coefficient (Wildman–Crippen LogP) is 5.32. The Labute approximate surface area is 119 Å². The van der Waals surface area contributed by atoms with Crippen molar-refractivity contribution in [3.63, 3.8) is 0 Å². The van der Waals surface area contributed by atoms with Crippen molar-refractivity contribution in [2.75, 3.05) is 0 Å². The largest absolute Gasteiger partial charge is 0.207 e. The van der Waals surface area contributed by atoms with Gasteiger partial charge in [0.1, 0.15) is 11.6 Å². The minimum atomic E-state index is -0.325. The molecule has 0 spiro atoms. The Kier molecular flexibility index (Phi) is 3.68. The standard InChI is InChI=1S/C18H20F2/c1-17(2,3)18(4,13-5-9-15(19)10-6-13)14-7-11-16(20)12-8-14/h5-12H,1-4H3. The third-order valence-electron chi connectivity index (χ3n) is 4.34. The molecule has 2 rings (SSSR count). The molecule has 20 heavy (non-hydrogen) atoms. The summed E-state index contributed by atoms with van der Waals surface area (Å²) in [6.07, 6.45) is 0. The van der Waals surface area contributed by atoms with Crippen molar-refractivity contribution < 1.29 is 8.78 Å². The zero-order valence-electron chi connectivity index (χ0n) is 12.4. The van der Waals surface area contributed by atoms with E-state index < -0.39 is 0 Å². The van der Waals surface area contributed by atoms with E-state index in [1.54, 1.807) is 0 Å². The van der Waals surface area contributed by atoms with Crippen molar-refractivity contribution >= 4 is 0 Å². The van der Waals surface area contributed by atoms with E-state index in [1.807, 2.05) is 24.3 Å². The Bertz CT molecular complexity index is 529. The smallest absolute Gasteiger partial charge is 0.123 e. The number of hydrogen-bond acceptors (Lipinski definition) is 0. The summed E-state index contributed by atoms with van der Waals surface area (Å²) in [5.41, 5.74) is 1.63. The molecule has 2 aromatic rings. The van der Waals surface area contributed by atoms with E-state index in [-0.39, 0.29) is 22.5 Å². The fraction of sp³-hybridized carbons (Fsp3) is 0.333. The Balaban J connectivity index is 2.62. The molecule has 0 heterocycles. The van der Waals surface area contributed by atoms with Gasteiger partial charge in [0, 0.05) is 5.41 Å². The lowest BCUT2D eigenvalue weighted by atomic mass is 9.60. The lowest BCUT2D eigenvalue weighted by Crippen LogP contribution is -2.38. The molecule has 106 valence electrons. The summed E-state index contributed by atoms with van der Waals surface area (Å²) >= 11 is 0. The fourth-order valence-corrected chi connectivity index (χ4v) is 2.60. The molecule has 2 heteroatoms. The van der Waals surface area contributed by atoms with Crippen LogP contribution >= 0.6 is 0 Å². The van der Waals surface area contributed by atoms with E-state index >= 15 is 0 Å². The molecule has 0 radical (unpaired) electrons. The maximum absolute atomic E-state index is 13.2. The minimum Gasteiger partial charge on any atom is -0.207 e. The van der Waals surface area contributed by atoms with E-state index in [4.69, 9.17) is 0 Å². The van der Waals surface area contributed by atoms with Gasteiger partial charge in [-0.2, -0.15) is 0 Å². The van der Waals surface area contributed by atoms with Gasteiger partial charge in [-0.05, 0) is 40.8 Å². The Morgan fingerprint density at radius 3 is 1.15 bits per heavy atom. The first kappa shape index (κ1) is 14.7. The average molecular weight is 274 g/mol. The zero-order chi connectivity index (χ0) is 15.0. The maximum Gasteiger partial charge on any atom is 0.123 e.